The summed E-state index contributed by atoms with van der Waals surface area (Å²) in [4.78, 5) is 36.4. The summed E-state index contributed by atoms with van der Waals surface area (Å²) < 4.78 is 0. The Morgan fingerprint density at radius 3 is 2.50 bits per heavy atom. The van der Waals surface area contributed by atoms with Crippen LogP contribution in [0.25, 0.3) is 0 Å². The van der Waals surface area contributed by atoms with Crippen LogP contribution in [-0.2, 0) is 16.9 Å². The SMILES string of the molecule is CC1(c2ccccc2)NC(=O)N(Cc2cccc([N+](=O)[O-])c2)C1=O. The van der Waals surface area contributed by atoms with E-state index in [4.69, 9.17) is 0 Å². The number of imide groups is 1. The first-order chi connectivity index (χ1) is 11.4. The van der Waals surface area contributed by atoms with Crippen LogP contribution >= 0.6 is 0 Å². The van der Waals surface area contributed by atoms with E-state index >= 15 is 0 Å². The zero-order valence-corrected chi connectivity index (χ0v) is 12.9. The molecule has 1 unspecified atom stereocenters. The van der Waals surface area contributed by atoms with Gasteiger partial charge >= 0.3 is 6.03 Å². The third-order valence-corrected chi connectivity index (χ3v) is 4.09. The van der Waals surface area contributed by atoms with Gasteiger partial charge in [-0.1, -0.05) is 42.5 Å². The van der Waals surface area contributed by atoms with Gasteiger partial charge < -0.3 is 5.32 Å². The van der Waals surface area contributed by atoms with E-state index in [1.807, 2.05) is 6.07 Å². The predicted octanol–water partition coefficient (Wildman–Crippen LogP) is 2.56. The normalized spacial score (nSPS) is 20.1. The number of carbonyl (C=O) groups is 2. The highest BCUT2D eigenvalue weighted by atomic mass is 16.6. The number of carbonyl (C=O) groups excluding carboxylic acids is 2. The molecule has 2 aromatic carbocycles. The number of urea groups is 1. The zero-order chi connectivity index (χ0) is 17.3. The number of hydrogen-bond acceptors (Lipinski definition) is 4. The Hall–Kier alpha value is -3.22. The lowest BCUT2D eigenvalue weighted by Gasteiger charge is -2.22. The van der Waals surface area contributed by atoms with Crippen LogP contribution in [0.1, 0.15) is 18.1 Å². The maximum atomic E-state index is 12.8. The largest absolute Gasteiger partial charge is 0.325 e. The summed E-state index contributed by atoms with van der Waals surface area (Å²) in [6.07, 6.45) is 0. The van der Waals surface area contributed by atoms with Gasteiger partial charge in [0.15, 0.2) is 0 Å². The summed E-state index contributed by atoms with van der Waals surface area (Å²) in [5, 5.41) is 13.6. The van der Waals surface area contributed by atoms with E-state index in [9.17, 15) is 19.7 Å². The molecular weight excluding hydrogens is 310 g/mol. The van der Waals surface area contributed by atoms with Crippen molar-refractivity contribution >= 4 is 17.6 Å². The number of rotatable bonds is 4. The van der Waals surface area contributed by atoms with E-state index in [1.165, 1.54) is 18.2 Å². The second-order valence-electron chi connectivity index (χ2n) is 5.74. The van der Waals surface area contributed by atoms with Crippen molar-refractivity contribution in [2.75, 3.05) is 0 Å². The molecule has 24 heavy (non-hydrogen) atoms. The number of hydrogen-bond donors (Lipinski definition) is 1. The van der Waals surface area contributed by atoms with Crippen molar-refractivity contribution in [1.82, 2.24) is 10.2 Å². The van der Waals surface area contributed by atoms with Gasteiger partial charge in [-0.25, -0.2) is 4.79 Å². The summed E-state index contributed by atoms with van der Waals surface area (Å²) in [6, 6.07) is 14.3. The minimum absolute atomic E-state index is 0.0191. The van der Waals surface area contributed by atoms with Gasteiger partial charge in [0.05, 0.1) is 11.5 Å². The third kappa shape index (κ3) is 2.60. The lowest BCUT2D eigenvalue weighted by Crippen LogP contribution is -2.40. The Morgan fingerprint density at radius 1 is 1.12 bits per heavy atom. The van der Waals surface area contributed by atoms with E-state index in [1.54, 1.807) is 37.3 Å². The Morgan fingerprint density at radius 2 is 1.83 bits per heavy atom. The fraction of sp³-hybridized carbons (Fsp3) is 0.176. The molecule has 0 aliphatic carbocycles. The van der Waals surface area contributed by atoms with Crippen molar-refractivity contribution in [3.63, 3.8) is 0 Å². The molecule has 0 bridgehead atoms. The molecule has 1 aliphatic rings. The zero-order valence-electron chi connectivity index (χ0n) is 12.9. The minimum Gasteiger partial charge on any atom is -0.319 e. The average Bonchev–Trinajstić information content (AvgIpc) is 2.80. The summed E-state index contributed by atoms with van der Waals surface area (Å²) in [5.74, 6) is -0.384. The van der Waals surface area contributed by atoms with Crippen LogP contribution < -0.4 is 5.32 Å². The number of nitro benzene ring substituents is 1. The minimum atomic E-state index is -1.14. The summed E-state index contributed by atoms with van der Waals surface area (Å²) in [5.41, 5.74) is -0.0146. The number of amides is 3. The molecular formula is C17H15N3O4. The molecule has 0 spiro atoms. The van der Waals surface area contributed by atoms with Crippen molar-refractivity contribution < 1.29 is 14.5 Å². The number of nitro groups is 1. The number of benzene rings is 2. The van der Waals surface area contributed by atoms with E-state index in [0.29, 0.717) is 11.1 Å². The van der Waals surface area contributed by atoms with Crippen molar-refractivity contribution in [3.05, 3.63) is 75.8 Å². The van der Waals surface area contributed by atoms with E-state index in [2.05, 4.69) is 5.32 Å². The number of nitrogens with zero attached hydrogens (tertiary/aromatic N) is 2. The van der Waals surface area contributed by atoms with Gasteiger partial charge in [-0.05, 0) is 18.1 Å². The molecule has 0 saturated carbocycles. The van der Waals surface area contributed by atoms with Gasteiger partial charge in [-0.15, -0.1) is 0 Å². The molecule has 7 heteroatoms. The highest BCUT2D eigenvalue weighted by molar-refractivity contribution is 6.07. The number of non-ortho nitro benzene ring substituents is 1. The molecule has 1 N–H and O–H groups in total. The first-order valence-corrected chi connectivity index (χ1v) is 7.35. The van der Waals surface area contributed by atoms with Gasteiger partial charge in [0, 0.05) is 12.1 Å². The van der Waals surface area contributed by atoms with Gasteiger partial charge in [-0.3, -0.25) is 19.8 Å². The van der Waals surface area contributed by atoms with Crippen LogP contribution in [0.4, 0.5) is 10.5 Å². The van der Waals surface area contributed by atoms with Crippen molar-refractivity contribution in [2.45, 2.75) is 19.0 Å². The van der Waals surface area contributed by atoms with Crippen molar-refractivity contribution in [2.24, 2.45) is 0 Å². The standard InChI is InChI=1S/C17H15N3O4/c1-17(13-7-3-2-4-8-13)15(21)19(16(22)18-17)11-12-6-5-9-14(10-12)20(23)24/h2-10H,11H2,1H3,(H,18,22). The molecule has 2 aromatic rings. The molecule has 1 fully saturated rings. The summed E-state index contributed by atoms with van der Waals surface area (Å²) >= 11 is 0. The van der Waals surface area contributed by atoms with Crippen LogP contribution in [0.5, 0.6) is 0 Å². The monoisotopic (exact) mass is 325 g/mol. The molecule has 0 aromatic heterocycles. The Kier molecular flexibility index (Phi) is 3.76. The third-order valence-electron chi connectivity index (χ3n) is 4.09. The number of nitrogens with one attached hydrogen (secondary N) is 1. The maximum Gasteiger partial charge on any atom is 0.325 e. The smallest absolute Gasteiger partial charge is 0.319 e. The summed E-state index contributed by atoms with van der Waals surface area (Å²) in [6.45, 7) is 1.63. The van der Waals surface area contributed by atoms with Crippen molar-refractivity contribution in [3.8, 4) is 0 Å². The second kappa shape index (κ2) is 5.77. The van der Waals surface area contributed by atoms with E-state index in [-0.39, 0.29) is 18.1 Å². The molecule has 7 nitrogen and oxygen atoms in total. The predicted molar refractivity (Wildman–Crippen MR) is 86.0 cm³/mol. The Labute approximate surface area is 138 Å². The molecule has 1 saturated heterocycles. The molecule has 122 valence electrons. The second-order valence-corrected chi connectivity index (χ2v) is 5.74. The van der Waals surface area contributed by atoms with Crippen LogP contribution in [0.2, 0.25) is 0 Å². The fourth-order valence-corrected chi connectivity index (χ4v) is 2.76. The molecule has 1 heterocycles. The first-order valence-electron chi connectivity index (χ1n) is 7.35. The van der Waals surface area contributed by atoms with Crippen molar-refractivity contribution in [1.29, 1.82) is 0 Å². The summed E-state index contributed by atoms with van der Waals surface area (Å²) in [7, 11) is 0. The van der Waals surface area contributed by atoms with E-state index < -0.39 is 16.5 Å². The van der Waals surface area contributed by atoms with Crippen LogP contribution in [0.3, 0.4) is 0 Å². The topological polar surface area (TPSA) is 92.6 Å². The fourth-order valence-electron chi connectivity index (χ4n) is 2.76. The maximum absolute atomic E-state index is 12.8. The van der Waals surface area contributed by atoms with Crippen LogP contribution in [0.15, 0.2) is 54.6 Å². The first kappa shape index (κ1) is 15.7. The van der Waals surface area contributed by atoms with Gasteiger partial charge in [0.1, 0.15) is 5.54 Å². The lowest BCUT2D eigenvalue weighted by molar-refractivity contribution is -0.384. The highest BCUT2D eigenvalue weighted by Gasteiger charge is 2.48. The van der Waals surface area contributed by atoms with Crippen LogP contribution in [0, 0.1) is 10.1 Å². The van der Waals surface area contributed by atoms with Gasteiger partial charge in [-0.2, -0.15) is 0 Å². The van der Waals surface area contributed by atoms with Gasteiger partial charge in [0.25, 0.3) is 11.6 Å². The Bertz CT molecular complexity index is 822. The molecule has 0 radical (unpaired) electrons. The molecule has 3 rings (SSSR count). The quantitative estimate of drug-likeness (QED) is 0.531. The van der Waals surface area contributed by atoms with Gasteiger partial charge in [0.2, 0.25) is 0 Å². The lowest BCUT2D eigenvalue weighted by atomic mass is 9.92. The molecule has 1 atom stereocenters. The highest BCUT2D eigenvalue weighted by Crippen LogP contribution is 2.29. The molecule has 3 amide bonds. The average molecular weight is 325 g/mol. The van der Waals surface area contributed by atoms with E-state index in [0.717, 1.165) is 4.90 Å². The Balaban J connectivity index is 1.88. The van der Waals surface area contributed by atoms with Crippen LogP contribution in [-0.4, -0.2) is 21.8 Å². The molecule has 1 aliphatic heterocycles.